The third-order valence-corrected chi connectivity index (χ3v) is 4.20. The molecule has 1 heterocycles. The summed E-state index contributed by atoms with van der Waals surface area (Å²) in [6.45, 7) is 3.96. The smallest absolute Gasteiger partial charge is 0.234 e. The Hall–Kier alpha value is -2.92. The zero-order valence-electron chi connectivity index (χ0n) is 15.0. The van der Waals surface area contributed by atoms with Crippen LogP contribution in [-0.2, 0) is 4.79 Å². The van der Waals surface area contributed by atoms with Gasteiger partial charge in [-0.2, -0.15) is 0 Å². The van der Waals surface area contributed by atoms with Gasteiger partial charge in [0, 0.05) is 29.1 Å². The monoisotopic (exact) mass is 349 g/mol. The van der Waals surface area contributed by atoms with Crippen molar-refractivity contribution in [3.63, 3.8) is 0 Å². The molecule has 5 nitrogen and oxygen atoms in total. The van der Waals surface area contributed by atoms with E-state index in [0.717, 1.165) is 16.5 Å². The lowest BCUT2D eigenvalue weighted by Gasteiger charge is -2.19. The molecule has 3 rings (SSSR count). The van der Waals surface area contributed by atoms with E-state index in [2.05, 4.69) is 15.8 Å². The number of hydrogen-bond donors (Lipinski definition) is 3. The van der Waals surface area contributed by atoms with E-state index in [0.29, 0.717) is 12.0 Å². The number of benzene rings is 2. The van der Waals surface area contributed by atoms with Crippen LogP contribution in [0, 0.1) is 5.92 Å². The molecule has 0 spiro atoms. The van der Waals surface area contributed by atoms with Crippen LogP contribution in [0.2, 0.25) is 0 Å². The van der Waals surface area contributed by atoms with Gasteiger partial charge in [0.25, 0.3) is 0 Å². The maximum Gasteiger partial charge on any atom is 0.234 e. The van der Waals surface area contributed by atoms with Gasteiger partial charge in [0.1, 0.15) is 6.04 Å². The minimum atomic E-state index is -0.661. The van der Waals surface area contributed by atoms with Crippen molar-refractivity contribution in [2.24, 2.45) is 5.92 Å². The van der Waals surface area contributed by atoms with Crippen molar-refractivity contribution in [2.45, 2.75) is 26.3 Å². The number of aromatic amines is 1. The van der Waals surface area contributed by atoms with Crippen molar-refractivity contribution in [3.8, 4) is 0 Å². The number of aromatic nitrogens is 1. The molecule has 26 heavy (non-hydrogen) atoms. The minimum absolute atomic E-state index is 0.0986. The van der Waals surface area contributed by atoms with Crippen LogP contribution in [0.4, 0.5) is 0 Å². The summed E-state index contributed by atoms with van der Waals surface area (Å²) in [6.07, 6.45) is 2.12. The van der Waals surface area contributed by atoms with Crippen molar-refractivity contribution in [1.29, 1.82) is 0 Å². The number of Topliss-reactive ketones (excluding diaryl/α,β-unsaturated/α-hetero) is 1. The largest absolute Gasteiger partial charge is 0.360 e. The molecule has 0 bridgehead atoms. The highest BCUT2D eigenvalue weighted by atomic mass is 16.2. The molecule has 1 atom stereocenters. The van der Waals surface area contributed by atoms with Crippen LogP contribution in [0.15, 0.2) is 60.8 Å². The number of hydrogen-bond acceptors (Lipinski definition) is 3. The highest BCUT2D eigenvalue weighted by Crippen LogP contribution is 2.24. The number of nitrogens with one attached hydrogen (secondary N) is 3. The number of para-hydroxylation sites is 1. The molecule has 2 aromatic carbocycles. The Kier molecular flexibility index (Phi) is 5.49. The first-order chi connectivity index (χ1) is 12.6. The van der Waals surface area contributed by atoms with E-state index >= 15 is 0 Å². The average molecular weight is 349 g/mol. The summed E-state index contributed by atoms with van der Waals surface area (Å²) in [7, 11) is 0. The van der Waals surface area contributed by atoms with Crippen molar-refractivity contribution in [3.05, 3.63) is 71.9 Å². The second-order valence-corrected chi connectivity index (χ2v) is 6.75. The lowest BCUT2D eigenvalue weighted by molar-refractivity contribution is -0.122. The number of H-pyrrole nitrogens is 1. The number of hydrazine groups is 1. The van der Waals surface area contributed by atoms with E-state index in [4.69, 9.17) is 0 Å². The lowest BCUT2D eigenvalue weighted by Crippen LogP contribution is -2.43. The van der Waals surface area contributed by atoms with E-state index in [1.807, 2.05) is 68.4 Å². The van der Waals surface area contributed by atoms with E-state index in [-0.39, 0.29) is 17.6 Å². The van der Waals surface area contributed by atoms with Gasteiger partial charge in [-0.25, -0.2) is 5.43 Å². The minimum Gasteiger partial charge on any atom is -0.360 e. The number of ketones is 1. The first-order valence-corrected chi connectivity index (χ1v) is 8.76. The number of amides is 1. The molecular formula is C21H23N3O2. The summed E-state index contributed by atoms with van der Waals surface area (Å²) in [6, 6.07) is 16.4. The molecule has 0 radical (unpaired) electrons. The molecule has 0 saturated heterocycles. The van der Waals surface area contributed by atoms with Crippen molar-refractivity contribution in [1.82, 2.24) is 15.8 Å². The van der Waals surface area contributed by atoms with Gasteiger partial charge >= 0.3 is 0 Å². The Bertz CT molecular complexity index is 900. The number of fused-ring (bicyclic) bond motifs is 1. The number of carbonyl (C=O) groups excluding carboxylic acids is 2. The van der Waals surface area contributed by atoms with Crippen molar-refractivity contribution < 1.29 is 9.59 Å². The quantitative estimate of drug-likeness (QED) is 0.449. The van der Waals surface area contributed by atoms with E-state index in [9.17, 15) is 9.59 Å². The highest BCUT2D eigenvalue weighted by molar-refractivity contribution is 6.10. The van der Waals surface area contributed by atoms with E-state index in [1.165, 1.54) is 0 Å². The molecule has 1 unspecified atom stereocenters. The summed E-state index contributed by atoms with van der Waals surface area (Å²) < 4.78 is 0. The average Bonchev–Trinajstić information content (AvgIpc) is 3.06. The Morgan fingerprint density at radius 2 is 1.69 bits per heavy atom. The normalized spacial score (nSPS) is 12.3. The zero-order chi connectivity index (χ0) is 18.5. The van der Waals surface area contributed by atoms with Crippen molar-refractivity contribution >= 4 is 22.6 Å². The summed E-state index contributed by atoms with van der Waals surface area (Å²) in [4.78, 5) is 28.4. The first-order valence-electron chi connectivity index (χ1n) is 8.76. The first kappa shape index (κ1) is 17.9. The van der Waals surface area contributed by atoms with Crippen LogP contribution < -0.4 is 10.9 Å². The maximum atomic E-state index is 13.2. The zero-order valence-corrected chi connectivity index (χ0v) is 15.0. The maximum absolute atomic E-state index is 13.2. The summed E-state index contributed by atoms with van der Waals surface area (Å²) in [5, 5.41) is 0.869. The molecule has 5 heteroatoms. The Labute approximate surface area is 152 Å². The molecule has 0 aliphatic rings. The van der Waals surface area contributed by atoms with E-state index < -0.39 is 6.04 Å². The summed E-state index contributed by atoms with van der Waals surface area (Å²) in [5.41, 5.74) is 7.92. The SMILES string of the molecule is CC(C)CC(=O)NNC(C(=O)c1c[nH]c2ccccc12)c1ccccc1. The molecule has 134 valence electrons. The third-order valence-electron chi connectivity index (χ3n) is 4.20. The molecule has 0 aliphatic heterocycles. The molecular weight excluding hydrogens is 326 g/mol. The fourth-order valence-corrected chi connectivity index (χ4v) is 2.95. The molecule has 0 aliphatic carbocycles. The van der Waals surface area contributed by atoms with Crippen LogP contribution in [-0.4, -0.2) is 16.7 Å². The molecule has 3 aromatic rings. The molecule has 1 aromatic heterocycles. The third kappa shape index (κ3) is 4.00. The molecule has 0 saturated carbocycles. The Morgan fingerprint density at radius 1 is 1.00 bits per heavy atom. The fourth-order valence-electron chi connectivity index (χ4n) is 2.95. The van der Waals surface area contributed by atoms with Crippen LogP contribution in [0.3, 0.4) is 0 Å². The molecule has 3 N–H and O–H groups in total. The number of rotatable bonds is 7. The van der Waals surface area contributed by atoms with Gasteiger partial charge in [0.2, 0.25) is 5.91 Å². The van der Waals surface area contributed by atoms with Crippen molar-refractivity contribution in [2.75, 3.05) is 0 Å². The van der Waals surface area contributed by atoms with Crippen LogP contribution in [0.25, 0.3) is 10.9 Å². The number of carbonyl (C=O) groups is 2. The molecule has 1 amide bonds. The fraction of sp³-hybridized carbons (Fsp3) is 0.238. The van der Waals surface area contributed by atoms with Crippen LogP contribution >= 0.6 is 0 Å². The second kappa shape index (κ2) is 7.97. The highest BCUT2D eigenvalue weighted by Gasteiger charge is 2.24. The van der Waals surface area contributed by atoms with Gasteiger partial charge < -0.3 is 4.98 Å². The topological polar surface area (TPSA) is 74.0 Å². The predicted octanol–water partition coefficient (Wildman–Crippen LogP) is 3.76. The van der Waals surface area contributed by atoms with Gasteiger partial charge in [-0.05, 0) is 17.5 Å². The van der Waals surface area contributed by atoms with Gasteiger partial charge in [0.15, 0.2) is 5.78 Å². The Balaban J connectivity index is 1.88. The van der Waals surface area contributed by atoms with Gasteiger partial charge in [-0.3, -0.25) is 15.0 Å². The van der Waals surface area contributed by atoms with Crippen LogP contribution in [0.5, 0.6) is 0 Å². The van der Waals surface area contributed by atoms with Gasteiger partial charge in [0.05, 0.1) is 0 Å². The lowest BCUT2D eigenvalue weighted by atomic mass is 9.97. The van der Waals surface area contributed by atoms with E-state index in [1.54, 1.807) is 6.20 Å². The molecule has 0 fully saturated rings. The van der Waals surface area contributed by atoms with Crippen LogP contribution in [0.1, 0.15) is 42.2 Å². The second-order valence-electron chi connectivity index (χ2n) is 6.75. The predicted molar refractivity (Wildman–Crippen MR) is 103 cm³/mol. The summed E-state index contributed by atoms with van der Waals surface area (Å²) >= 11 is 0. The van der Waals surface area contributed by atoms with Gasteiger partial charge in [-0.15, -0.1) is 0 Å². The Morgan fingerprint density at radius 3 is 2.42 bits per heavy atom. The van der Waals surface area contributed by atoms with Gasteiger partial charge in [-0.1, -0.05) is 62.4 Å². The summed E-state index contributed by atoms with van der Waals surface area (Å²) in [5.74, 6) is 0.0162. The standard InChI is InChI=1S/C21H23N3O2/c1-14(2)12-19(25)23-24-20(15-8-4-3-5-9-15)21(26)17-13-22-18-11-7-6-10-16(17)18/h3-11,13-14,20,22,24H,12H2,1-2H3,(H,23,25).